The highest BCUT2D eigenvalue weighted by Crippen LogP contribution is 2.23. The van der Waals surface area contributed by atoms with Crippen LogP contribution in [-0.2, 0) is 20.9 Å². The Morgan fingerprint density at radius 1 is 1.36 bits per heavy atom. The van der Waals surface area contributed by atoms with E-state index in [1.807, 2.05) is 37.3 Å². The van der Waals surface area contributed by atoms with Crippen LogP contribution in [0.1, 0.15) is 24.1 Å². The van der Waals surface area contributed by atoms with Gasteiger partial charge in [-0.15, -0.1) is 11.3 Å². The Morgan fingerprint density at radius 3 is 2.80 bits per heavy atom. The van der Waals surface area contributed by atoms with Crippen molar-refractivity contribution in [3.63, 3.8) is 0 Å². The number of aromatic nitrogens is 1. The lowest BCUT2D eigenvalue weighted by atomic mass is 10.2. The molecule has 1 aromatic heterocycles. The number of aryl methyl sites for hydroxylation is 1. The number of anilines is 1. The van der Waals surface area contributed by atoms with E-state index >= 15 is 0 Å². The van der Waals surface area contributed by atoms with Gasteiger partial charge in [-0.25, -0.2) is 14.7 Å². The number of hydrogen-bond donors (Lipinski definition) is 1. The summed E-state index contributed by atoms with van der Waals surface area (Å²) in [4.78, 5) is 41.8. The fraction of sp³-hybridized carbons (Fsp3) is 0.294. The maximum absolute atomic E-state index is 12.4. The first-order chi connectivity index (χ1) is 12.0. The Kier molecular flexibility index (Phi) is 5.08. The summed E-state index contributed by atoms with van der Waals surface area (Å²) in [5.74, 6) is -0.842. The Balaban J connectivity index is 1.64. The van der Waals surface area contributed by atoms with E-state index in [-0.39, 0.29) is 19.4 Å². The van der Waals surface area contributed by atoms with Crippen molar-refractivity contribution < 1.29 is 19.1 Å². The number of thiazole rings is 1. The summed E-state index contributed by atoms with van der Waals surface area (Å²) in [6.45, 7) is 1.86. The molecule has 3 amide bonds. The Hall–Kier alpha value is -2.74. The van der Waals surface area contributed by atoms with E-state index in [0.29, 0.717) is 5.13 Å². The molecule has 2 heterocycles. The van der Waals surface area contributed by atoms with Crippen LogP contribution in [0.5, 0.6) is 0 Å². The van der Waals surface area contributed by atoms with Gasteiger partial charge in [-0.1, -0.05) is 30.3 Å². The fourth-order valence-electron chi connectivity index (χ4n) is 2.55. The van der Waals surface area contributed by atoms with E-state index in [2.05, 4.69) is 10.3 Å². The van der Waals surface area contributed by atoms with Crippen LogP contribution in [0.4, 0.5) is 9.93 Å². The minimum absolute atomic E-state index is 0.0451. The smallest absolute Gasteiger partial charge is 0.417 e. The van der Waals surface area contributed by atoms with Gasteiger partial charge in [0.05, 0.1) is 5.69 Å². The van der Waals surface area contributed by atoms with E-state index in [0.717, 1.165) is 16.2 Å². The van der Waals surface area contributed by atoms with Gasteiger partial charge in [0.1, 0.15) is 12.6 Å². The number of rotatable bonds is 4. The molecule has 1 atom stereocenters. The number of hydrogen-bond acceptors (Lipinski definition) is 6. The Labute approximate surface area is 148 Å². The molecule has 1 aromatic carbocycles. The van der Waals surface area contributed by atoms with Crippen LogP contribution < -0.4 is 5.32 Å². The molecule has 0 saturated carbocycles. The molecule has 2 aromatic rings. The van der Waals surface area contributed by atoms with Crippen LogP contribution in [0.3, 0.4) is 0 Å². The summed E-state index contributed by atoms with van der Waals surface area (Å²) < 4.78 is 5.19. The Bertz CT molecular complexity index is 790. The predicted molar refractivity (Wildman–Crippen MR) is 92.0 cm³/mol. The quantitative estimate of drug-likeness (QED) is 0.907. The molecular formula is C17H17N3O4S. The molecule has 0 bridgehead atoms. The standard InChI is InChI=1S/C17H17N3O4S/c1-11-10-25-16(18-11)19-15(22)13-7-8-14(21)20(13)17(23)24-9-12-5-3-2-4-6-12/h2-6,10,13H,7-9H2,1H3,(H,18,19,22)/t13-/m1/s1. The largest absolute Gasteiger partial charge is 0.444 e. The van der Waals surface area contributed by atoms with Gasteiger partial charge in [-0.2, -0.15) is 0 Å². The third-order valence-corrected chi connectivity index (χ3v) is 4.64. The van der Waals surface area contributed by atoms with Crippen molar-refractivity contribution in [1.29, 1.82) is 0 Å². The number of imide groups is 1. The molecule has 0 spiro atoms. The third-order valence-electron chi connectivity index (χ3n) is 3.77. The van der Waals surface area contributed by atoms with Crippen LogP contribution in [0.2, 0.25) is 0 Å². The van der Waals surface area contributed by atoms with Crippen molar-refractivity contribution in [3.05, 3.63) is 47.0 Å². The Morgan fingerprint density at radius 2 is 2.12 bits per heavy atom. The summed E-state index contributed by atoms with van der Waals surface area (Å²) in [5.41, 5.74) is 1.60. The fourth-order valence-corrected chi connectivity index (χ4v) is 3.24. The molecule has 130 valence electrons. The zero-order chi connectivity index (χ0) is 17.8. The first kappa shape index (κ1) is 17.1. The molecule has 7 nitrogen and oxygen atoms in total. The number of nitrogens with one attached hydrogen (secondary N) is 1. The highest BCUT2D eigenvalue weighted by atomic mass is 32.1. The molecular weight excluding hydrogens is 342 g/mol. The molecule has 8 heteroatoms. The zero-order valence-electron chi connectivity index (χ0n) is 13.6. The lowest BCUT2D eigenvalue weighted by Gasteiger charge is -2.21. The predicted octanol–water partition coefficient (Wildman–Crippen LogP) is 2.72. The number of carbonyl (C=O) groups excluding carboxylic acids is 3. The SMILES string of the molecule is Cc1csc(NC(=O)[C@H]2CCC(=O)N2C(=O)OCc2ccccc2)n1. The monoisotopic (exact) mass is 359 g/mol. The topological polar surface area (TPSA) is 88.6 Å². The van der Waals surface area contributed by atoms with Gasteiger partial charge in [0, 0.05) is 11.8 Å². The van der Waals surface area contributed by atoms with Gasteiger partial charge in [0.15, 0.2) is 5.13 Å². The first-order valence-corrected chi connectivity index (χ1v) is 8.68. The van der Waals surface area contributed by atoms with Crippen LogP contribution in [0.25, 0.3) is 0 Å². The summed E-state index contributed by atoms with van der Waals surface area (Å²) >= 11 is 1.29. The second-order valence-corrected chi connectivity index (χ2v) is 6.50. The summed E-state index contributed by atoms with van der Waals surface area (Å²) in [6, 6.07) is 8.27. The summed E-state index contributed by atoms with van der Waals surface area (Å²) in [6.07, 6.45) is -0.396. The lowest BCUT2D eigenvalue weighted by Crippen LogP contribution is -2.45. The molecule has 0 radical (unpaired) electrons. The normalized spacial score (nSPS) is 16.8. The maximum atomic E-state index is 12.4. The number of carbonyl (C=O) groups is 3. The van der Waals surface area contributed by atoms with Gasteiger partial charge >= 0.3 is 6.09 Å². The van der Waals surface area contributed by atoms with Crippen molar-refractivity contribution >= 4 is 34.4 Å². The molecule has 0 aliphatic carbocycles. The molecule has 1 fully saturated rings. The maximum Gasteiger partial charge on any atom is 0.417 e. The number of nitrogens with zero attached hydrogens (tertiary/aromatic N) is 2. The van der Waals surface area contributed by atoms with Gasteiger partial charge in [-0.3, -0.25) is 9.59 Å². The van der Waals surface area contributed by atoms with E-state index in [9.17, 15) is 14.4 Å². The third kappa shape index (κ3) is 4.03. The minimum atomic E-state index is -0.875. The van der Waals surface area contributed by atoms with Gasteiger partial charge in [0.25, 0.3) is 0 Å². The number of ether oxygens (including phenoxy) is 1. The summed E-state index contributed by atoms with van der Waals surface area (Å²) in [7, 11) is 0. The van der Waals surface area contributed by atoms with Crippen molar-refractivity contribution in [3.8, 4) is 0 Å². The van der Waals surface area contributed by atoms with E-state index in [4.69, 9.17) is 4.74 Å². The average Bonchev–Trinajstić information content (AvgIpc) is 3.19. The molecule has 1 N–H and O–H groups in total. The van der Waals surface area contributed by atoms with Crippen molar-refractivity contribution in [2.45, 2.75) is 32.4 Å². The number of likely N-dealkylation sites (tertiary alicyclic amines) is 1. The number of benzene rings is 1. The van der Waals surface area contributed by atoms with Crippen LogP contribution in [0, 0.1) is 6.92 Å². The average molecular weight is 359 g/mol. The molecule has 25 heavy (non-hydrogen) atoms. The molecule has 3 rings (SSSR count). The summed E-state index contributed by atoms with van der Waals surface area (Å²) in [5, 5.41) is 4.90. The molecule has 1 aliphatic rings. The molecule has 1 saturated heterocycles. The molecule has 0 unspecified atom stereocenters. The highest BCUT2D eigenvalue weighted by molar-refractivity contribution is 7.13. The second-order valence-electron chi connectivity index (χ2n) is 5.64. The molecule has 1 aliphatic heterocycles. The second kappa shape index (κ2) is 7.43. The van der Waals surface area contributed by atoms with E-state index in [1.165, 1.54) is 11.3 Å². The van der Waals surface area contributed by atoms with Crippen molar-refractivity contribution in [1.82, 2.24) is 9.88 Å². The van der Waals surface area contributed by atoms with Crippen LogP contribution in [-0.4, -0.2) is 33.8 Å². The van der Waals surface area contributed by atoms with Crippen molar-refractivity contribution in [2.24, 2.45) is 0 Å². The lowest BCUT2D eigenvalue weighted by molar-refractivity contribution is -0.131. The highest BCUT2D eigenvalue weighted by Gasteiger charge is 2.41. The zero-order valence-corrected chi connectivity index (χ0v) is 14.4. The first-order valence-electron chi connectivity index (χ1n) is 7.80. The minimum Gasteiger partial charge on any atom is -0.444 e. The van der Waals surface area contributed by atoms with Gasteiger partial charge in [-0.05, 0) is 18.9 Å². The van der Waals surface area contributed by atoms with Crippen LogP contribution in [0.15, 0.2) is 35.7 Å². The van der Waals surface area contributed by atoms with E-state index in [1.54, 1.807) is 5.38 Å². The van der Waals surface area contributed by atoms with Gasteiger partial charge < -0.3 is 10.1 Å². The van der Waals surface area contributed by atoms with Gasteiger partial charge in [0.2, 0.25) is 11.8 Å². The van der Waals surface area contributed by atoms with E-state index < -0.39 is 23.9 Å². The van der Waals surface area contributed by atoms with Crippen molar-refractivity contribution in [2.75, 3.05) is 5.32 Å². The number of amides is 3. The van der Waals surface area contributed by atoms with Crippen LogP contribution >= 0.6 is 11.3 Å².